The summed E-state index contributed by atoms with van der Waals surface area (Å²) in [6, 6.07) is 4.05. The van der Waals surface area contributed by atoms with Crippen LogP contribution in [-0.2, 0) is 11.3 Å². The number of carbonyl (C=O) groups excluding carboxylic acids is 1. The maximum atomic E-state index is 11.4. The van der Waals surface area contributed by atoms with Gasteiger partial charge in [-0.05, 0) is 17.7 Å². The Labute approximate surface area is 101 Å². The molecule has 0 unspecified atom stereocenters. The third kappa shape index (κ3) is 3.25. The van der Waals surface area contributed by atoms with Gasteiger partial charge in [-0.2, -0.15) is 0 Å². The van der Waals surface area contributed by atoms with Gasteiger partial charge in [-0.15, -0.1) is 0 Å². The van der Waals surface area contributed by atoms with E-state index in [1.54, 1.807) is 0 Å². The highest BCUT2D eigenvalue weighted by atomic mass is 16.2. The van der Waals surface area contributed by atoms with Gasteiger partial charge in [0.05, 0.1) is 6.54 Å². The standard InChI is InChI=1S/C12H18N4O/c13-9-12(17)16-7-5-15(6-8-16)10-11-1-3-14-4-2-11/h1-4H,5-10,13H2. The number of nitrogens with two attached hydrogens (primary N) is 1. The van der Waals surface area contributed by atoms with Gasteiger partial charge in [-0.25, -0.2) is 0 Å². The molecule has 0 aliphatic carbocycles. The van der Waals surface area contributed by atoms with Gasteiger partial charge < -0.3 is 10.6 Å². The van der Waals surface area contributed by atoms with Crippen LogP contribution >= 0.6 is 0 Å². The molecule has 1 aromatic heterocycles. The average Bonchev–Trinajstić information content (AvgIpc) is 2.40. The molecule has 0 aromatic carbocycles. The van der Waals surface area contributed by atoms with Crippen molar-refractivity contribution in [3.63, 3.8) is 0 Å². The third-order valence-corrected chi connectivity index (χ3v) is 3.06. The molecule has 1 aliphatic rings. The van der Waals surface area contributed by atoms with E-state index in [1.165, 1.54) is 5.56 Å². The molecular formula is C12H18N4O. The average molecular weight is 234 g/mol. The minimum atomic E-state index is 0.0496. The number of aromatic nitrogens is 1. The fourth-order valence-corrected chi connectivity index (χ4v) is 2.03. The topological polar surface area (TPSA) is 62.5 Å². The molecule has 0 atom stereocenters. The molecule has 17 heavy (non-hydrogen) atoms. The first kappa shape index (κ1) is 12.0. The predicted octanol–water partition coefficient (Wildman–Crippen LogP) is -0.315. The first-order valence-electron chi connectivity index (χ1n) is 5.88. The van der Waals surface area contributed by atoms with E-state index >= 15 is 0 Å². The summed E-state index contributed by atoms with van der Waals surface area (Å²) >= 11 is 0. The fraction of sp³-hybridized carbons (Fsp3) is 0.500. The molecule has 0 spiro atoms. The first-order valence-corrected chi connectivity index (χ1v) is 5.88. The summed E-state index contributed by atoms with van der Waals surface area (Å²) in [5, 5.41) is 0. The molecule has 1 aliphatic heterocycles. The van der Waals surface area contributed by atoms with Crippen LogP contribution in [-0.4, -0.2) is 53.4 Å². The van der Waals surface area contributed by atoms with Crippen LogP contribution in [0.2, 0.25) is 0 Å². The van der Waals surface area contributed by atoms with Gasteiger partial charge >= 0.3 is 0 Å². The second kappa shape index (κ2) is 5.75. The van der Waals surface area contributed by atoms with Gasteiger partial charge in [0, 0.05) is 45.1 Å². The van der Waals surface area contributed by atoms with Crippen molar-refractivity contribution in [3.05, 3.63) is 30.1 Å². The quantitative estimate of drug-likeness (QED) is 0.779. The molecule has 2 heterocycles. The summed E-state index contributed by atoms with van der Waals surface area (Å²) in [6.45, 7) is 4.42. The van der Waals surface area contributed by atoms with E-state index < -0.39 is 0 Å². The molecule has 92 valence electrons. The Morgan fingerprint density at radius 1 is 1.24 bits per heavy atom. The van der Waals surface area contributed by atoms with Crippen LogP contribution < -0.4 is 5.73 Å². The van der Waals surface area contributed by atoms with E-state index in [0.717, 1.165) is 32.7 Å². The normalized spacial score (nSPS) is 17.1. The fourth-order valence-electron chi connectivity index (χ4n) is 2.03. The number of piperazine rings is 1. The Balaban J connectivity index is 1.82. The lowest BCUT2D eigenvalue weighted by molar-refractivity contribution is -0.131. The molecular weight excluding hydrogens is 216 g/mol. The zero-order valence-electron chi connectivity index (χ0n) is 9.88. The highest BCUT2D eigenvalue weighted by molar-refractivity contribution is 5.78. The van der Waals surface area contributed by atoms with Crippen molar-refractivity contribution in [2.24, 2.45) is 5.73 Å². The second-order valence-electron chi connectivity index (χ2n) is 4.22. The van der Waals surface area contributed by atoms with Crippen molar-refractivity contribution >= 4 is 5.91 Å². The van der Waals surface area contributed by atoms with Gasteiger partial charge in [0.2, 0.25) is 5.91 Å². The van der Waals surface area contributed by atoms with Gasteiger partial charge in [-0.1, -0.05) is 0 Å². The SMILES string of the molecule is NCC(=O)N1CCN(Cc2ccncc2)CC1. The monoisotopic (exact) mass is 234 g/mol. The minimum Gasteiger partial charge on any atom is -0.339 e. The zero-order chi connectivity index (χ0) is 12.1. The molecule has 5 heteroatoms. The minimum absolute atomic E-state index is 0.0496. The highest BCUT2D eigenvalue weighted by Gasteiger charge is 2.19. The third-order valence-electron chi connectivity index (χ3n) is 3.06. The van der Waals surface area contributed by atoms with E-state index in [4.69, 9.17) is 5.73 Å². The lowest BCUT2D eigenvalue weighted by Crippen LogP contribution is -2.49. The van der Waals surface area contributed by atoms with Crippen LogP contribution in [0.4, 0.5) is 0 Å². The lowest BCUT2D eigenvalue weighted by Gasteiger charge is -2.34. The number of rotatable bonds is 3. The molecule has 0 radical (unpaired) electrons. The Morgan fingerprint density at radius 3 is 2.47 bits per heavy atom. The number of nitrogens with zero attached hydrogens (tertiary/aromatic N) is 3. The molecule has 2 N–H and O–H groups in total. The highest BCUT2D eigenvalue weighted by Crippen LogP contribution is 2.07. The van der Waals surface area contributed by atoms with Crippen molar-refractivity contribution in [2.45, 2.75) is 6.54 Å². The Hall–Kier alpha value is -1.46. The van der Waals surface area contributed by atoms with Crippen LogP contribution in [0.15, 0.2) is 24.5 Å². The van der Waals surface area contributed by atoms with E-state index in [1.807, 2.05) is 29.4 Å². The lowest BCUT2D eigenvalue weighted by atomic mass is 10.2. The zero-order valence-corrected chi connectivity index (χ0v) is 9.88. The predicted molar refractivity (Wildman–Crippen MR) is 65.1 cm³/mol. The number of carbonyl (C=O) groups is 1. The molecule has 1 saturated heterocycles. The smallest absolute Gasteiger partial charge is 0.236 e. The molecule has 1 fully saturated rings. The summed E-state index contributed by atoms with van der Waals surface area (Å²) in [7, 11) is 0. The summed E-state index contributed by atoms with van der Waals surface area (Å²) in [5.74, 6) is 0.0496. The first-order chi connectivity index (χ1) is 8.29. The summed E-state index contributed by atoms with van der Waals surface area (Å²) in [6.07, 6.45) is 3.62. The van der Waals surface area contributed by atoms with Crippen molar-refractivity contribution in [1.82, 2.24) is 14.8 Å². The van der Waals surface area contributed by atoms with Gasteiger partial charge in [0.15, 0.2) is 0 Å². The van der Waals surface area contributed by atoms with Gasteiger partial charge in [-0.3, -0.25) is 14.7 Å². The Morgan fingerprint density at radius 2 is 1.88 bits per heavy atom. The molecule has 0 bridgehead atoms. The van der Waals surface area contributed by atoms with Gasteiger partial charge in [0.1, 0.15) is 0 Å². The largest absolute Gasteiger partial charge is 0.339 e. The van der Waals surface area contributed by atoms with Crippen LogP contribution in [0, 0.1) is 0 Å². The molecule has 1 amide bonds. The number of pyridine rings is 1. The number of hydrogen-bond acceptors (Lipinski definition) is 4. The van der Waals surface area contributed by atoms with Crippen LogP contribution in [0.1, 0.15) is 5.56 Å². The summed E-state index contributed by atoms with van der Waals surface area (Å²) in [5.41, 5.74) is 6.61. The second-order valence-corrected chi connectivity index (χ2v) is 4.22. The molecule has 2 rings (SSSR count). The maximum absolute atomic E-state index is 11.4. The van der Waals surface area contributed by atoms with Crippen LogP contribution in [0.3, 0.4) is 0 Å². The van der Waals surface area contributed by atoms with Crippen molar-refractivity contribution in [3.8, 4) is 0 Å². The Kier molecular flexibility index (Phi) is 4.06. The molecule has 5 nitrogen and oxygen atoms in total. The summed E-state index contributed by atoms with van der Waals surface area (Å²) < 4.78 is 0. The molecule has 1 aromatic rings. The van der Waals surface area contributed by atoms with Crippen molar-refractivity contribution in [1.29, 1.82) is 0 Å². The van der Waals surface area contributed by atoms with Crippen molar-refractivity contribution in [2.75, 3.05) is 32.7 Å². The Bertz CT molecular complexity index is 360. The maximum Gasteiger partial charge on any atom is 0.236 e. The van der Waals surface area contributed by atoms with Gasteiger partial charge in [0.25, 0.3) is 0 Å². The number of amides is 1. The molecule has 0 saturated carbocycles. The summed E-state index contributed by atoms with van der Waals surface area (Å²) in [4.78, 5) is 19.6. The van der Waals surface area contributed by atoms with E-state index in [0.29, 0.717) is 0 Å². The van der Waals surface area contributed by atoms with Crippen LogP contribution in [0.25, 0.3) is 0 Å². The van der Waals surface area contributed by atoms with E-state index in [9.17, 15) is 4.79 Å². The van der Waals surface area contributed by atoms with Crippen molar-refractivity contribution < 1.29 is 4.79 Å². The van der Waals surface area contributed by atoms with Crippen LogP contribution in [0.5, 0.6) is 0 Å². The van der Waals surface area contributed by atoms with E-state index in [-0.39, 0.29) is 12.5 Å². The van der Waals surface area contributed by atoms with E-state index in [2.05, 4.69) is 9.88 Å². The number of hydrogen-bond donors (Lipinski definition) is 1.